The Labute approximate surface area is 147 Å². The van der Waals surface area contributed by atoms with E-state index in [1.54, 1.807) is 18.2 Å². The SMILES string of the molecule is O=[N+]([O-])c1cc(Br)cnc1-c1ccccc1OCc1ccccc1. The van der Waals surface area contributed by atoms with Gasteiger partial charge in [-0.15, -0.1) is 0 Å². The highest BCUT2D eigenvalue weighted by molar-refractivity contribution is 9.10. The van der Waals surface area contributed by atoms with Gasteiger partial charge >= 0.3 is 0 Å². The molecule has 0 aliphatic rings. The van der Waals surface area contributed by atoms with Crippen LogP contribution in [0.15, 0.2) is 71.3 Å². The second-order valence-electron chi connectivity index (χ2n) is 5.05. The molecule has 0 aliphatic heterocycles. The monoisotopic (exact) mass is 384 g/mol. The third-order valence-corrected chi connectivity index (χ3v) is 3.84. The van der Waals surface area contributed by atoms with E-state index < -0.39 is 4.92 Å². The van der Waals surface area contributed by atoms with Crippen molar-refractivity contribution in [2.75, 3.05) is 0 Å². The maximum atomic E-state index is 11.3. The topological polar surface area (TPSA) is 65.3 Å². The molecule has 120 valence electrons. The van der Waals surface area contributed by atoms with Crippen LogP contribution in [0.1, 0.15) is 5.56 Å². The van der Waals surface area contributed by atoms with E-state index in [-0.39, 0.29) is 11.4 Å². The summed E-state index contributed by atoms with van der Waals surface area (Å²) in [5, 5.41) is 11.3. The maximum Gasteiger partial charge on any atom is 0.296 e. The van der Waals surface area contributed by atoms with E-state index in [4.69, 9.17) is 4.74 Å². The standard InChI is InChI=1S/C18H13BrN2O3/c19-14-10-16(21(22)23)18(20-11-14)15-8-4-5-9-17(15)24-12-13-6-2-1-3-7-13/h1-11H,12H2. The molecule has 0 saturated heterocycles. The highest BCUT2D eigenvalue weighted by atomic mass is 79.9. The van der Waals surface area contributed by atoms with Gasteiger partial charge in [0.15, 0.2) is 5.69 Å². The van der Waals surface area contributed by atoms with E-state index in [2.05, 4.69) is 20.9 Å². The van der Waals surface area contributed by atoms with E-state index >= 15 is 0 Å². The summed E-state index contributed by atoms with van der Waals surface area (Å²) < 4.78 is 6.42. The van der Waals surface area contributed by atoms with Gasteiger partial charge in [-0.25, -0.2) is 4.98 Å². The molecule has 1 heterocycles. The molecule has 0 bridgehead atoms. The molecule has 0 radical (unpaired) electrons. The van der Waals surface area contributed by atoms with Gasteiger partial charge in [-0.2, -0.15) is 0 Å². The lowest BCUT2D eigenvalue weighted by Crippen LogP contribution is -1.99. The van der Waals surface area contributed by atoms with Crippen LogP contribution >= 0.6 is 15.9 Å². The number of halogens is 1. The molecule has 0 N–H and O–H groups in total. The summed E-state index contributed by atoms with van der Waals surface area (Å²) in [4.78, 5) is 15.1. The Morgan fingerprint density at radius 1 is 1.08 bits per heavy atom. The van der Waals surface area contributed by atoms with Gasteiger partial charge in [-0.05, 0) is 33.6 Å². The second kappa shape index (κ2) is 7.23. The summed E-state index contributed by atoms with van der Waals surface area (Å²) in [6, 6.07) is 18.4. The van der Waals surface area contributed by atoms with Gasteiger partial charge in [0.05, 0.1) is 4.92 Å². The van der Waals surface area contributed by atoms with Gasteiger partial charge in [-0.3, -0.25) is 10.1 Å². The van der Waals surface area contributed by atoms with Crippen molar-refractivity contribution in [3.63, 3.8) is 0 Å². The first-order chi connectivity index (χ1) is 11.6. The number of nitrogens with zero attached hydrogens (tertiary/aromatic N) is 2. The van der Waals surface area contributed by atoms with E-state index in [0.717, 1.165) is 5.56 Å². The molecule has 0 atom stereocenters. The highest BCUT2D eigenvalue weighted by Gasteiger charge is 2.20. The lowest BCUT2D eigenvalue weighted by Gasteiger charge is -2.11. The molecule has 0 aliphatic carbocycles. The lowest BCUT2D eigenvalue weighted by molar-refractivity contribution is -0.384. The van der Waals surface area contributed by atoms with Gasteiger partial charge < -0.3 is 4.74 Å². The van der Waals surface area contributed by atoms with Crippen LogP contribution in [0.5, 0.6) is 5.75 Å². The fourth-order valence-electron chi connectivity index (χ4n) is 2.30. The molecular formula is C18H13BrN2O3. The highest BCUT2D eigenvalue weighted by Crippen LogP contribution is 2.36. The number of rotatable bonds is 5. The minimum absolute atomic E-state index is 0.0693. The van der Waals surface area contributed by atoms with Crippen molar-refractivity contribution < 1.29 is 9.66 Å². The third-order valence-electron chi connectivity index (χ3n) is 3.41. The van der Waals surface area contributed by atoms with Crippen LogP contribution in [-0.2, 0) is 6.61 Å². The zero-order valence-corrected chi connectivity index (χ0v) is 14.1. The Hall–Kier alpha value is -2.73. The lowest BCUT2D eigenvalue weighted by atomic mass is 10.1. The normalized spacial score (nSPS) is 10.4. The number of para-hydroxylation sites is 1. The largest absolute Gasteiger partial charge is 0.488 e. The quantitative estimate of drug-likeness (QED) is 0.458. The molecular weight excluding hydrogens is 372 g/mol. The summed E-state index contributed by atoms with van der Waals surface area (Å²) in [5.74, 6) is 0.555. The van der Waals surface area contributed by atoms with Crippen LogP contribution in [-0.4, -0.2) is 9.91 Å². The average Bonchev–Trinajstić information content (AvgIpc) is 2.61. The van der Waals surface area contributed by atoms with Crippen molar-refractivity contribution in [2.24, 2.45) is 0 Å². The van der Waals surface area contributed by atoms with Crippen LogP contribution in [0.25, 0.3) is 11.3 Å². The Kier molecular flexibility index (Phi) is 4.86. The van der Waals surface area contributed by atoms with Gasteiger partial charge in [0.25, 0.3) is 5.69 Å². The van der Waals surface area contributed by atoms with E-state index in [9.17, 15) is 10.1 Å². The Morgan fingerprint density at radius 2 is 1.79 bits per heavy atom. The van der Waals surface area contributed by atoms with Crippen molar-refractivity contribution in [1.82, 2.24) is 4.98 Å². The summed E-state index contributed by atoms with van der Waals surface area (Å²) in [6.07, 6.45) is 1.54. The number of benzene rings is 2. The Bertz CT molecular complexity index is 869. The van der Waals surface area contributed by atoms with Crippen LogP contribution in [0.4, 0.5) is 5.69 Å². The predicted molar refractivity (Wildman–Crippen MR) is 94.8 cm³/mol. The summed E-state index contributed by atoms with van der Waals surface area (Å²) in [6.45, 7) is 0.377. The molecule has 0 spiro atoms. The van der Waals surface area contributed by atoms with E-state index in [1.165, 1.54) is 12.3 Å². The molecule has 0 amide bonds. The van der Waals surface area contributed by atoms with Gasteiger partial charge in [0, 0.05) is 22.3 Å². The van der Waals surface area contributed by atoms with Crippen LogP contribution < -0.4 is 4.74 Å². The van der Waals surface area contributed by atoms with Crippen molar-refractivity contribution >= 4 is 21.6 Å². The number of hydrogen-bond acceptors (Lipinski definition) is 4. The van der Waals surface area contributed by atoms with Crippen LogP contribution in [0.3, 0.4) is 0 Å². The molecule has 0 unspecified atom stereocenters. The first kappa shape index (κ1) is 16.1. The Balaban J connectivity index is 1.97. The van der Waals surface area contributed by atoms with Gasteiger partial charge in [0.2, 0.25) is 0 Å². The van der Waals surface area contributed by atoms with Crippen molar-refractivity contribution in [1.29, 1.82) is 0 Å². The molecule has 3 aromatic rings. The average molecular weight is 385 g/mol. The molecule has 0 fully saturated rings. The minimum atomic E-state index is -0.443. The van der Waals surface area contributed by atoms with E-state index in [0.29, 0.717) is 22.4 Å². The smallest absolute Gasteiger partial charge is 0.296 e. The van der Waals surface area contributed by atoms with Crippen molar-refractivity contribution in [2.45, 2.75) is 6.61 Å². The first-order valence-electron chi connectivity index (χ1n) is 7.21. The summed E-state index contributed by atoms with van der Waals surface area (Å²) in [5.41, 5.74) is 1.82. The third kappa shape index (κ3) is 3.60. The molecule has 6 heteroatoms. The van der Waals surface area contributed by atoms with Crippen molar-refractivity contribution in [3.05, 3.63) is 87.0 Å². The zero-order valence-electron chi connectivity index (χ0n) is 12.6. The zero-order chi connectivity index (χ0) is 16.9. The number of nitro groups is 1. The molecule has 1 aromatic heterocycles. The molecule has 5 nitrogen and oxygen atoms in total. The summed E-state index contributed by atoms with van der Waals surface area (Å²) in [7, 11) is 0. The van der Waals surface area contributed by atoms with Crippen LogP contribution in [0, 0.1) is 10.1 Å². The molecule has 24 heavy (non-hydrogen) atoms. The molecule has 0 saturated carbocycles. The van der Waals surface area contributed by atoms with Crippen LogP contribution in [0.2, 0.25) is 0 Å². The van der Waals surface area contributed by atoms with E-state index in [1.807, 2.05) is 36.4 Å². The van der Waals surface area contributed by atoms with Gasteiger partial charge in [-0.1, -0.05) is 42.5 Å². The maximum absolute atomic E-state index is 11.3. The predicted octanol–water partition coefficient (Wildman–Crippen LogP) is 5.00. The number of hydrogen-bond donors (Lipinski definition) is 0. The number of ether oxygens (including phenoxy) is 1. The molecule has 2 aromatic carbocycles. The Morgan fingerprint density at radius 3 is 2.54 bits per heavy atom. The number of pyridine rings is 1. The minimum Gasteiger partial charge on any atom is -0.488 e. The number of aromatic nitrogens is 1. The van der Waals surface area contributed by atoms with Crippen molar-refractivity contribution in [3.8, 4) is 17.0 Å². The first-order valence-corrected chi connectivity index (χ1v) is 8.00. The fourth-order valence-corrected chi connectivity index (χ4v) is 2.62. The second-order valence-corrected chi connectivity index (χ2v) is 5.96. The molecule has 3 rings (SSSR count). The van der Waals surface area contributed by atoms with Gasteiger partial charge in [0.1, 0.15) is 12.4 Å². The fraction of sp³-hybridized carbons (Fsp3) is 0.0556. The summed E-state index contributed by atoms with van der Waals surface area (Å²) >= 11 is 3.22.